The first kappa shape index (κ1) is 73.7. The predicted molar refractivity (Wildman–Crippen MR) is 419 cm³/mol. The van der Waals surface area contributed by atoms with E-state index in [-0.39, 0.29) is 83.6 Å². The van der Waals surface area contributed by atoms with Gasteiger partial charge < -0.3 is 72.7 Å². The van der Waals surface area contributed by atoms with E-state index < -0.39 is 17.4 Å². The predicted octanol–water partition coefficient (Wildman–Crippen LogP) is 13.7. The quantitative estimate of drug-likeness (QED) is 0.0194. The molecule has 2 N–H and O–H groups in total. The lowest BCUT2D eigenvalue weighted by Gasteiger charge is -2.31. The highest BCUT2D eigenvalue weighted by atomic mass is 127. The second-order valence-electron chi connectivity index (χ2n) is 28.7. The van der Waals surface area contributed by atoms with Crippen LogP contribution in [0, 0.1) is 0 Å². The fraction of sp³-hybridized carbons (Fsp3) is 0.207. The number of fused-ring (bicyclic) bond motifs is 16. The molecule has 10 nitrogen and oxygen atoms in total. The minimum atomic E-state index is -0.818. The van der Waals surface area contributed by atoms with Crippen LogP contribution in [0.3, 0.4) is 0 Å². The minimum Gasteiger partial charge on any atom is -1.00 e. The van der Waals surface area contributed by atoms with Crippen molar-refractivity contribution in [2.45, 2.75) is 88.9 Å². The monoisotopic (exact) mass is 1600 g/mol. The van der Waals surface area contributed by atoms with E-state index in [0.29, 0.717) is 26.1 Å². The number of hydrogen-bond acceptors (Lipinski definition) is 6. The summed E-state index contributed by atoms with van der Waals surface area (Å²) in [6.45, 7) is 15.7. The number of allylic oxidation sites excluding steroid dienone is 12. The van der Waals surface area contributed by atoms with Crippen molar-refractivity contribution in [1.82, 2.24) is 0 Å². The molecule has 104 heavy (non-hydrogen) atoms. The van der Waals surface area contributed by atoms with Gasteiger partial charge in [-0.25, -0.2) is 0 Å². The Kier molecular flexibility index (Phi) is 21.8. The summed E-state index contributed by atoms with van der Waals surface area (Å²) in [5.41, 5.74) is 15.5. The van der Waals surface area contributed by atoms with Gasteiger partial charge in [-0.15, -0.1) is 0 Å². The topological polar surface area (TPSA) is 113 Å². The Morgan fingerprint density at radius 3 is 1.39 bits per heavy atom. The number of carbonyl (C=O) groups excluding carboxylic acids is 1. The van der Waals surface area contributed by atoms with Gasteiger partial charge in [0.25, 0.3) is 6.47 Å². The van der Waals surface area contributed by atoms with Crippen molar-refractivity contribution >= 4 is 106 Å². The van der Waals surface area contributed by atoms with Gasteiger partial charge in [0.1, 0.15) is 19.4 Å². The number of hydrogen-bond donors (Lipinski definition) is 2. The standard InChI is InChI=1S/C49H44N2O4.C43H40N2O2.2HI/c1-48(2)42(50(29-28-44(53)54)41-27-26-35-18-10-11-19-36(35)45(41)48)24-8-5-9-25-43-49(3,32-34-16-6-4-7-17-34)46-39-22-14-12-20-37(39)38-21-13-15-23-40(38)47(46)51(43)30-31-55-33-52;1-42(2)35-23-15-16-24-36(35)45(28-27-39(46)47)37(42)25-9-6-10-26-38-43(3,29-30-17-7-5-8-18-30)40-33-21-13-11-19-31(33)32-20-12-14-22-34(32)41(40)44(38)4;;/h4-27,33H,28-32H2,1-3H3;5-26H,27-29H2,1-4H3;2*1H. The Morgan fingerprint density at radius 2 is 0.856 bits per heavy atom. The normalized spacial score (nSPS) is 18.5. The number of halogens is 2. The average molecular weight is 1600 g/mol. The van der Waals surface area contributed by atoms with E-state index in [4.69, 9.17) is 4.74 Å². The first-order chi connectivity index (χ1) is 49.4. The third kappa shape index (κ3) is 13.4. The molecule has 0 saturated carbocycles. The molecule has 0 radical (unpaired) electrons. The van der Waals surface area contributed by atoms with E-state index in [1.54, 1.807) is 0 Å². The van der Waals surface area contributed by atoms with Crippen molar-refractivity contribution in [3.05, 3.63) is 324 Å². The molecule has 12 heteroatoms. The van der Waals surface area contributed by atoms with Crippen LogP contribution in [0.5, 0.6) is 0 Å². The van der Waals surface area contributed by atoms with Crippen molar-refractivity contribution in [2.75, 3.05) is 43.1 Å². The molecule has 4 aliphatic rings. The zero-order chi connectivity index (χ0) is 70.9. The Labute approximate surface area is 643 Å². The number of rotatable bonds is 20. The van der Waals surface area contributed by atoms with Crippen LogP contribution in [0.1, 0.15) is 87.8 Å². The van der Waals surface area contributed by atoms with E-state index in [1.807, 2.05) is 6.07 Å². The van der Waals surface area contributed by atoms with Crippen LogP contribution in [0.25, 0.3) is 53.9 Å². The molecular formula is C92H86I2N4O6. The summed E-state index contributed by atoms with van der Waals surface area (Å²) in [4.78, 5) is 39.4. The highest BCUT2D eigenvalue weighted by Crippen LogP contribution is 2.57. The van der Waals surface area contributed by atoms with Crippen molar-refractivity contribution in [3.63, 3.8) is 0 Å². The van der Waals surface area contributed by atoms with Gasteiger partial charge >= 0.3 is 11.9 Å². The SMILES string of the molecule is CC1(C)C(C=CC=CC=C2N(CCOC=O)c3c(c4ccccc4c4ccccc34)C2(C)Cc2ccccc2)=[N+](CCC(=O)O)c2ccc3ccccc3c21.CN1C(=CC=CC=CC2=[N+](CCC(=O)O)c3ccccc3C2(C)C)C(C)(Cc2ccccc2)c2c1c1ccccc1c1ccccc21.[I-].[I-]. The van der Waals surface area contributed by atoms with Crippen LogP contribution in [0.4, 0.5) is 22.7 Å². The van der Waals surface area contributed by atoms with Gasteiger partial charge in [0.2, 0.25) is 11.4 Å². The Balaban J connectivity index is 0.000000194. The van der Waals surface area contributed by atoms with E-state index in [9.17, 15) is 24.6 Å². The number of carboxylic acid groups (broad SMARTS) is 2. The number of aliphatic carboxylic acids is 2. The van der Waals surface area contributed by atoms with Crippen LogP contribution in [0.2, 0.25) is 0 Å². The van der Waals surface area contributed by atoms with Crippen molar-refractivity contribution < 1.29 is 86.4 Å². The third-order valence-corrected chi connectivity index (χ3v) is 21.7. The summed E-state index contributed by atoms with van der Waals surface area (Å²) in [6, 6.07) is 77.4. The van der Waals surface area contributed by atoms with Gasteiger partial charge in [0.05, 0.1) is 28.7 Å². The van der Waals surface area contributed by atoms with Gasteiger partial charge in [0.15, 0.2) is 24.5 Å². The van der Waals surface area contributed by atoms with Gasteiger partial charge in [-0.2, -0.15) is 9.15 Å². The molecule has 0 bridgehead atoms. The highest BCUT2D eigenvalue weighted by molar-refractivity contribution is 6.19. The molecular weight excluding hydrogens is 1510 g/mol. The van der Waals surface area contributed by atoms with Gasteiger partial charge in [-0.05, 0) is 138 Å². The summed E-state index contributed by atoms with van der Waals surface area (Å²) in [5.74, 6) is -1.61. The maximum atomic E-state index is 11.8. The number of nitrogens with zero attached hydrogens (tertiary/aromatic N) is 4. The fourth-order valence-electron chi connectivity index (χ4n) is 17.3. The molecule has 0 fully saturated rings. The maximum absolute atomic E-state index is 11.8. The highest BCUT2D eigenvalue weighted by Gasteiger charge is 2.49. The molecule has 2 unspecified atom stereocenters. The summed E-state index contributed by atoms with van der Waals surface area (Å²) < 4.78 is 9.68. The number of benzene rings is 11. The van der Waals surface area contributed by atoms with E-state index >= 15 is 0 Å². The molecule has 0 saturated heterocycles. The van der Waals surface area contributed by atoms with Gasteiger partial charge in [0, 0.05) is 75.5 Å². The zero-order valence-electron chi connectivity index (χ0n) is 59.9. The van der Waals surface area contributed by atoms with Crippen molar-refractivity contribution in [3.8, 4) is 0 Å². The van der Waals surface area contributed by atoms with E-state index in [1.165, 1.54) is 98.6 Å². The molecule has 0 aromatic heterocycles. The fourth-order valence-corrected chi connectivity index (χ4v) is 17.3. The smallest absolute Gasteiger partial charge is 0.309 e. The number of anilines is 2. The number of carbonyl (C=O) groups is 3. The van der Waals surface area contributed by atoms with E-state index in [0.717, 1.165) is 47.0 Å². The van der Waals surface area contributed by atoms with Gasteiger partial charge in [-0.3, -0.25) is 14.4 Å². The largest absolute Gasteiger partial charge is 1.00 e. The first-order valence-corrected chi connectivity index (χ1v) is 35.4. The second kappa shape index (κ2) is 30.7. The van der Waals surface area contributed by atoms with Crippen LogP contribution in [-0.4, -0.2) is 82.5 Å². The summed E-state index contributed by atoms with van der Waals surface area (Å²) in [6.07, 6.45) is 23.1. The van der Waals surface area contributed by atoms with Crippen LogP contribution in [-0.2, 0) is 53.6 Å². The Bertz CT molecular complexity index is 5430. The molecule has 524 valence electrons. The summed E-state index contributed by atoms with van der Waals surface area (Å²) >= 11 is 0. The number of likely N-dealkylation sites (N-methyl/N-ethyl adjacent to an activating group) is 1. The van der Waals surface area contributed by atoms with Crippen LogP contribution in [0.15, 0.2) is 291 Å². The Hall–Kier alpha value is -10.0. The summed E-state index contributed by atoms with van der Waals surface area (Å²) in [5, 5.41) is 31.4. The van der Waals surface area contributed by atoms with Crippen LogP contribution < -0.4 is 57.8 Å². The molecule has 4 aliphatic heterocycles. The van der Waals surface area contributed by atoms with Crippen molar-refractivity contribution in [1.29, 1.82) is 0 Å². The molecule has 11 aromatic rings. The number of carboxylic acids is 2. The molecule has 15 rings (SSSR count). The zero-order valence-corrected chi connectivity index (χ0v) is 64.2. The minimum absolute atomic E-state index is 0. The Morgan fingerprint density at radius 1 is 0.433 bits per heavy atom. The molecule has 0 aliphatic carbocycles. The molecule has 2 atom stereocenters. The van der Waals surface area contributed by atoms with E-state index in [2.05, 4.69) is 341 Å². The first-order valence-electron chi connectivity index (χ1n) is 35.4. The second-order valence-corrected chi connectivity index (χ2v) is 28.7. The lowest BCUT2D eigenvalue weighted by molar-refractivity contribution is -0.436. The third-order valence-electron chi connectivity index (χ3n) is 21.7. The molecule has 0 spiro atoms. The van der Waals surface area contributed by atoms with Gasteiger partial charge in [-0.1, -0.05) is 237 Å². The molecule has 0 amide bonds. The lowest BCUT2D eigenvalue weighted by Crippen LogP contribution is -3.00. The average Bonchev–Trinajstić information content (AvgIpc) is 1.54. The van der Waals surface area contributed by atoms with Crippen molar-refractivity contribution in [2.24, 2.45) is 0 Å². The van der Waals surface area contributed by atoms with Crippen LogP contribution >= 0.6 is 0 Å². The maximum Gasteiger partial charge on any atom is 0.309 e. The lowest BCUT2D eigenvalue weighted by atomic mass is 9.74. The molecule has 4 heterocycles. The number of para-hydroxylation sites is 1. The summed E-state index contributed by atoms with van der Waals surface area (Å²) in [7, 11) is 2.21. The number of ether oxygens (including phenoxy) is 1. The molecule has 11 aromatic carbocycles.